The first-order valence-corrected chi connectivity index (χ1v) is 6.59. The number of aliphatic hydroxyl groups is 1. The van der Waals surface area contributed by atoms with Crippen LogP contribution in [0.25, 0.3) is 10.9 Å². The van der Waals surface area contributed by atoms with E-state index >= 15 is 0 Å². The first-order chi connectivity index (χ1) is 8.68. The van der Waals surface area contributed by atoms with Crippen LogP contribution >= 0.6 is 0 Å². The second-order valence-corrected chi connectivity index (χ2v) is 5.10. The molecule has 0 amide bonds. The molecule has 1 unspecified atom stereocenters. The molecule has 0 fully saturated rings. The Morgan fingerprint density at radius 1 is 1.33 bits per heavy atom. The molecule has 0 aliphatic carbocycles. The monoisotopic (exact) mass is 246 g/mol. The summed E-state index contributed by atoms with van der Waals surface area (Å²) in [5.74, 6) is 0. The van der Waals surface area contributed by atoms with Crippen LogP contribution in [-0.2, 0) is 6.54 Å². The van der Waals surface area contributed by atoms with Crippen molar-refractivity contribution in [2.24, 2.45) is 0 Å². The molecule has 18 heavy (non-hydrogen) atoms. The van der Waals surface area contributed by atoms with Gasteiger partial charge in [-0.15, -0.1) is 0 Å². The Balaban J connectivity index is 2.12. The van der Waals surface area contributed by atoms with Gasteiger partial charge in [0.1, 0.15) is 0 Å². The van der Waals surface area contributed by atoms with Crippen LogP contribution in [0.2, 0.25) is 0 Å². The van der Waals surface area contributed by atoms with Crippen molar-refractivity contribution in [1.82, 2.24) is 10.3 Å². The predicted molar refractivity (Wildman–Crippen MR) is 75.5 cm³/mol. The third kappa shape index (κ3) is 2.74. The maximum Gasteiger partial charge on any atom is 0.0457 e. The van der Waals surface area contributed by atoms with Gasteiger partial charge in [0.25, 0.3) is 0 Å². The van der Waals surface area contributed by atoms with Crippen molar-refractivity contribution in [3.05, 3.63) is 36.0 Å². The third-order valence-corrected chi connectivity index (χ3v) is 3.83. The smallest absolute Gasteiger partial charge is 0.0457 e. The van der Waals surface area contributed by atoms with E-state index in [4.69, 9.17) is 5.11 Å². The Bertz CT molecular complexity index is 506. The van der Waals surface area contributed by atoms with Gasteiger partial charge in [0.2, 0.25) is 0 Å². The fourth-order valence-electron chi connectivity index (χ4n) is 2.25. The zero-order valence-corrected chi connectivity index (χ0v) is 11.2. The summed E-state index contributed by atoms with van der Waals surface area (Å²) in [6.07, 6.45) is 3.77. The van der Waals surface area contributed by atoms with E-state index in [-0.39, 0.29) is 12.1 Å². The molecule has 1 heterocycles. The number of aromatic nitrogens is 1. The highest BCUT2D eigenvalue weighted by Crippen LogP contribution is 2.20. The molecule has 2 rings (SSSR count). The molecule has 0 bridgehead atoms. The lowest BCUT2D eigenvalue weighted by molar-refractivity contribution is 0.214. The lowest BCUT2D eigenvalue weighted by Crippen LogP contribution is -2.42. The summed E-state index contributed by atoms with van der Waals surface area (Å²) in [5, 5.41) is 14.0. The van der Waals surface area contributed by atoms with Gasteiger partial charge in [-0.3, -0.25) is 0 Å². The van der Waals surface area contributed by atoms with Crippen LogP contribution in [0.15, 0.2) is 30.5 Å². The van der Waals surface area contributed by atoms with Gasteiger partial charge in [-0.25, -0.2) is 0 Å². The molecule has 0 spiro atoms. The molecule has 1 aromatic carbocycles. The van der Waals surface area contributed by atoms with Crippen molar-refractivity contribution in [1.29, 1.82) is 0 Å². The maximum atomic E-state index is 9.12. The van der Waals surface area contributed by atoms with Gasteiger partial charge in [-0.2, -0.15) is 0 Å². The third-order valence-electron chi connectivity index (χ3n) is 3.83. The van der Waals surface area contributed by atoms with Crippen LogP contribution in [0, 0.1) is 0 Å². The zero-order chi connectivity index (χ0) is 13.0. The molecule has 3 heteroatoms. The highest BCUT2D eigenvalue weighted by Gasteiger charge is 2.20. The molecule has 98 valence electrons. The Kier molecular flexibility index (Phi) is 4.04. The van der Waals surface area contributed by atoms with E-state index in [1.54, 1.807) is 0 Å². The summed E-state index contributed by atoms with van der Waals surface area (Å²) in [4.78, 5) is 3.23. The molecular formula is C15H22N2O. The van der Waals surface area contributed by atoms with E-state index in [0.29, 0.717) is 0 Å². The van der Waals surface area contributed by atoms with Gasteiger partial charge in [0.15, 0.2) is 0 Å². The summed E-state index contributed by atoms with van der Waals surface area (Å²) < 4.78 is 0. The summed E-state index contributed by atoms with van der Waals surface area (Å²) in [7, 11) is 0. The molecular weight excluding hydrogens is 224 g/mol. The number of fused-ring (bicyclic) bond motifs is 1. The number of hydrogen-bond donors (Lipinski definition) is 3. The van der Waals surface area contributed by atoms with Crippen LogP contribution in [-0.4, -0.2) is 22.2 Å². The second kappa shape index (κ2) is 5.55. The minimum Gasteiger partial charge on any atom is -0.396 e. The number of nitrogens with one attached hydrogen (secondary N) is 2. The largest absolute Gasteiger partial charge is 0.396 e. The first-order valence-electron chi connectivity index (χ1n) is 6.59. The van der Waals surface area contributed by atoms with E-state index < -0.39 is 0 Å². The lowest BCUT2D eigenvalue weighted by Gasteiger charge is -2.29. The highest BCUT2D eigenvalue weighted by molar-refractivity contribution is 5.82. The van der Waals surface area contributed by atoms with Crippen molar-refractivity contribution >= 4 is 10.9 Å². The number of aromatic amines is 1. The summed E-state index contributed by atoms with van der Waals surface area (Å²) >= 11 is 0. The van der Waals surface area contributed by atoms with Crippen molar-refractivity contribution in [2.75, 3.05) is 6.61 Å². The van der Waals surface area contributed by atoms with Gasteiger partial charge >= 0.3 is 0 Å². The van der Waals surface area contributed by atoms with Crippen molar-refractivity contribution in [3.8, 4) is 0 Å². The van der Waals surface area contributed by atoms with Gasteiger partial charge in [0.05, 0.1) is 0 Å². The molecule has 0 aliphatic rings. The van der Waals surface area contributed by atoms with Crippen LogP contribution < -0.4 is 5.32 Å². The van der Waals surface area contributed by atoms with Crippen LogP contribution in [0.5, 0.6) is 0 Å². The van der Waals surface area contributed by atoms with E-state index in [1.807, 2.05) is 6.20 Å². The zero-order valence-electron chi connectivity index (χ0n) is 11.2. The predicted octanol–water partition coefficient (Wildman–Crippen LogP) is 2.81. The molecule has 1 aromatic heterocycles. The molecule has 3 nitrogen and oxygen atoms in total. The van der Waals surface area contributed by atoms with Crippen molar-refractivity contribution in [3.63, 3.8) is 0 Å². The first kappa shape index (κ1) is 13.1. The quantitative estimate of drug-likeness (QED) is 0.734. The van der Waals surface area contributed by atoms with Gasteiger partial charge < -0.3 is 15.4 Å². The summed E-state index contributed by atoms with van der Waals surface area (Å²) in [5.41, 5.74) is 2.48. The van der Waals surface area contributed by atoms with Gasteiger partial charge in [0, 0.05) is 35.8 Å². The van der Waals surface area contributed by atoms with Crippen LogP contribution in [0.4, 0.5) is 0 Å². The standard InChI is InChI=1S/C15H22N2O/c1-3-15(2,8-10-18)17-11-12-5-4-6-14-13(12)7-9-16-14/h4-7,9,16-18H,3,8,10-11H2,1-2H3. The van der Waals surface area contributed by atoms with E-state index in [1.165, 1.54) is 16.5 Å². The number of benzene rings is 1. The van der Waals surface area contributed by atoms with E-state index in [0.717, 1.165) is 19.4 Å². The van der Waals surface area contributed by atoms with Gasteiger partial charge in [-0.05, 0) is 37.5 Å². The molecule has 2 aromatic rings. The van der Waals surface area contributed by atoms with Gasteiger partial charge in [-0.1, -0.05) is 19.1 Å². The second-order valence-electron chi connectivity index (χ2n) is 5.10. The number of H-pyrrole nitrogens is 1. The van der Waals surface area contributed by atoms with Crippen LogP contribution in [0.3, 0.4) is 0 Å². The topological polar surface area (TPSA) is 48.0 Å². The SMILES string of the molecule is CCC(C)(CCO)NCc1cccc2[nH]ccc12. The maximum absolute atomic E-state index is 9.12. The fourth-order valence-corrected chi connectivity index (χ4v) is 2.25. The molecule has 0 saturated carbocycles. The minimum absolute atomic E-state index is 0.00716. The highest BCUT2D eigenvalue weighted by atomic mass is 16.3. The average Bonchev–Trinajstić information content (AvgIpc) is 2.85. The lowest BCUT2D eigenvalue weighted by atomic mass is 9.94. The summed E-state index contributed by atoms with van der Waals surface area (Å²) in [6.45, 7) is 5.38. The Labute approximate surface area is 108 Å². The Morgan fingerprint density at radius 2 is 2.17 bits per heavy atom. The molecule has 0 radical (unpaired) electrons. The Hall–Kier alpha value is -1.32. The molecule has 0 saturated heterocycles. The minimum atomic E-state index is 0.00716. The van der Waals surface area contributed by atoms with E-state index in [9.17, 15) is 0 Å². The normalized spacial score (nSPS) is 14.8. The van der Waals surface area contributed by atoms with Crippen molar-refractivity contribution in [2.45, 2.75) is 38.8 Å². The average molecular weight is 246 g/mol. The fraction of sp³-hybridized carbons (Fsp3) is 0.467. The Morgan fingerprint density at radius 3 is 2.89 bits per heavy atom. The number of aliphatic hydroxyl groups excluding tert-OH is 1. The number of rotatable bonds is 6. The molecule has 1 atom stereocenters. The molecule has 0 aliphatic heterocycles. The van der Waals surface area contributed by atoms with E-state index in [2.05, 4.69) is 48.4 Å². The summed E-state index contributed by atoms with van der Waals surface area (Å²) in [6, 6.07) is 8.43. The van der Waals surface area contributed by atoms with Crippen LogP contribution in [0.1, 0.15) is 32.3 Å². The number of hydrogen-bond acceptors (Lipinski definition) is 2. The molecule has 3 N–H and O–H groups in total. The van der Waals surface area contributed by atoms with Crippen molar-refractivity contribution < 1.29 is 5.11 Å².